The van der Waals surface area contributed by atoms with E-state index in [-0.39, 0.29) is 17.8 Å². The van der Waals surface area contributed by atoms with Crippen molar-refractivity contribution in [2.75, 3.05) is 5.75 Å². The molecule has 1 aromatic heterocycles. The van der Waals surface area contributed by atoms with E-state index in [9.17, 15) is 9.18 Å². The Kier molecular flexibility index (Phi) is 3.53. The Bertz CT molecular complexity index is 892. The summed E-state index contributed by atoms with van der Waals surface area (Å²) in [6, 6.07) is 10.1. The standard InChI is InChI=1S/C17H14FN3OS/c18-11-4-5-15-13(8-11)14(6-7-23-15)20-17(22)12-3-1-2-10-9-19-21-16(10)12/h1-5,8-9,14H,6-7H2,(H,19,21)(H,20,22). The summed E-state index contributed by atoms with van der Waals surface area (Å²) in [6.07, 6.45) is 2.47. The number of carbonyl (C=O) groups is 1. The molecule has 0 bridgehead atoms. The van der Waals surface area contributed by atoms with Crippen LogP contribution in [0.1, 0.15) is 28.4 Å². The molecule has 3 aromatic rings. The molecule has 23 heavy (non-hydrogen) atoms. The first-order chi connectivity index (χ1) is 11.2. The van der Waals surface area contributed by atoms with Gasteiger partial charge in [0, 0.05) is 16.0 Å². The molecule has 0 spiro atoms. The second-order valence-corrected chi connectivity index (χ2v) is 6.62. The molecule has 6 heteroatoms. The number of fused-ring (bicyclic) bond motifs is 2. The number of nitrogens with one attached hydrogen (secondary N) is 2. The van der Waals surface area contributed by atoms with E-state index >= 15 is 0 Å². The number of nitrogens with zero attached hydrogens (tertiary/aromatic N) is 1. The van der Waals surface area contributed by atoms with Gasteiger partial charge in [-0.15, -0.1) is 11.8 Å². The molecule has 1 atom stereocenters. The molecular weight excluding hydrogens is 313 g/mol. The van der Waals surface area contributed by atoms with Gasteiger partial charge in [0.2, 0.25) is 0 Å². The molecule has 116 valence electrons. The molecule has 4 rings (SSSR count). The summed E-state index contributed by atoms with van der Waals surface area (Å²) in [5, 5.41) is 10.8. The third kappa shape index (κ3) is 2.59. The van der Waals surface area contributed by atoms with Crippen LogP contribution in [0.15, 0.2) is 47.5 Å². The third-order valence-electron chi connectivity index (χ3n) is 4.04. The van der Waals surface area contributed by atoms with Crippen LogP contribution in [0.3, 0.4) is 0 Å². The molecule has 4 nitrogen and oxygen atoms in total. The van der Waals surface area contributed by atoms with Crippen molar-refractivity contribution < 1.29 is 9.18 Å². The van der Waals surface area contributed by atoms with Crippen LogP contribution in [-0.4, -0.2) is 21.9 Å². The van der Waals surface area contributed by atoms with Gasteiger partial charge in [-0.05, 0) is 36.2 Å². The molecule has 1 amide bonds. The molecule has 0 aliphatic carbocycles. The minimum atomic E-state index is -0.277. The SMILES string of the molecule is O=C(NC1CCSc2ccc(F)cc21)c1cccc2cn[nH]c12. The van der Waals surface area contributed by atoms with E-state index < -0.39 is 0 Å². The maximum Gasteiger partial charge on any atom is 0.253 e. The maximum atomic E-state index is 13.6. The zero-order valence-electron chi connectivity index (χ0n) is 12.2. The van der Waals surface area contributed by atoms with Gasteiger partial charge < -0.3 is 5.32 Å². The first kappa shape index (κ1) is 14.3. The molecule has 0 radical (unpaired) electrons. The number of benzene rings is 2. The highest BCUT2D eigenvalue weighted by atomic mass is 32.2. The summed E-state index contributed by atoms with van der Waals surface area (Å²) in [7, 11) is 0. The van der Waals surface area contributed by atoms with Gasteiger partial charge in [0.15, 0.2) is 0 Å². The second-order valence-electron chi connectivity index (χ2n) is 5.49. The molecule has 0 saturated carbocycles. The minimum Gasteiger partial charge on any atom is -0.345 e. The van der Waals surface area contributed by atoms with E-state index in [0.29, 0.717) is 5.56 Å². The average Bonchev–Trinajstić information content (AvgIpc) is 3.04. The fourth-order valence-electron chi connectivity index (χ4n) is 2.91. The van der Waals surface area contributed by atoms with Crippen LogP contribution in [-0.2, 0) is 0 Å². The van der Waals surface area contributed by atoms with Crippen molar-refractivity contribution in [2.45, 2.75) is 17.4 Å². The average molecular weight is 327 g/mol. The van der Waals surface area contributed by atoms with Crippen molar-refractivity contribution in [3.8, 4) is 0 Å². The third-order valence-corrected chi connectivity index (χ3v) is 5.16. The van der Waals surface area contributed by atoms with Gasteiger partial charge in [0.1, 0.15) is 5.82 Å². The van der Waals surface area contributed by atoms with Gasteiger partial charge in [-0.25, -0.2) is 4.39 Å². The van der Waals surface area contributed by atoms with Crippen LogP contribution < -0.4 is 5.32 Å². The molecule has 0 fully saturated rings. The van der Waals surface area contributed by atoms with E-state index in [1.807, 2.05) is 12.1 Å². The number of H-pyrrole nitrogens is 1. The highest BCUT2D eigenvalue weighted by Gasteiger charge is 2.24. The Balaban J connectivity index is 1.65. The first-order valence-corrected chi connectivity index (χ1v) is 8.36. The summed E-state index contributed by atoms with van der Waals surface area (Å²) in [6.45, 7) is 0. The molecule has 0 saturated heterocycles. The van der Waals surface area contributed by atoms with E-state index in [4.69, 9.17) is 0 Å². The zero-order valence-corrected chi connectivity index (χ0v) is 13.0. The number of carbonyl (C=O) groups excluding carboxylic acids is 1. The van der Waals surface area contributed by atoms with Crippen molar-refractivity contribution in [1.82, 2.24) is 15.5 Å². The quantitative estimate of drug-likeness (QED) is 0.755. The lowest BCUT2D eigenvalue weighted by atomic mass is 10.0. The number of amides is 1. The predicted molar refractivity (Wildman–Crippen MR) is 88.0 cm³/mol. The number of hydrogen-bond acceptors (Lipinski definition) is 3. The largest absolute Gasteiger partial charge is 0.345 e. The number of thioether (sulfide) groups is 1. The monoisotopic (exact) mass is 327 g/mol. The van der Waals surface area contributed by atoms with Crippen LogP contribution in [0, 0.1) is 5.82 Å². The normalized spacial score (nSPS) is 17.0. The molecule has 1 aliphatic heterocycles. The predicted octanol–water partition coefficient (Wildman–Crippen LogP) is 3.67. The summed E-state index contributed by atoms with van der Waals surface area (Å²) in [5.41, 5.74) is 2.12. The van der Waals surface area contributed by atoms with E-state index in [0.717, 1.165) is 33.5 Å². The second kappa shape index (κ2) is 5.70. The summed E-state index contributed by atoms with van der Waals surface area (Å²) in [5.74, 6) is 0.450. The summed E-state index contributed by atoms with van der Waals surface area (Å²) >= 11 is 1.69. The van der Waals surface area contributed by atoms with Crippen molar-refractivity contribution in [3.05, 3.63) is 59.5 Å². The van der Waals surface area contributed by atoms with Gasteiger partial charge in [0.25, 0.3) is 5.91 Å². The fourth-order valence-corrected chi connectivity index (χ4v) is 4.01. The van der Waals surface area contributed by atoms with Gasteiger partial charge in [-0.2, -0.15) is 5.10 Å². The smallest absolute Gasteiger partial charge is 0.253 e. The number of hydrogen-bond donors (Lipinski definition) is 2. The Hall–Kier alpha value is -2.34. The lowest BCUT2D eigenvalue weighted by Gasteiger charge is -2.26. The number of aromatic amines is 1. The lowest BCUT2D eigenvalue weighted by molar-refractivity contribution is 0.0936. The topological polar surface area (TPSA) is 57.8 Å². The van der Waals surface area contributed by atoms with Crippen molar-refractivity contribution in [3.63, 3.8) is 0 Å². The first-order valence-electron chi connectivity index (χ1n) is 7.37. The van der Waals surface area contributed by atoms with E-state index in [1.165, 1.54) is 12.1 Å². The molecule has 2 N–H and O–H groups in total. The van der Waals surface area contributed by atoms with Crippen molar-refractivity contribution >= 4 is 28.6 Å². The van der Waals surface area contributed by atoms with Crippen molar-refractivity contribution in [2.24, 2.45) is 0 Å². The van der Waals surface area contributed by atoms with Crippen molar-refractivity contribution in [1.29, 1.82) is 0 Å². The van der Waals surface area contributed by atoms with E-state index in [2.05, 4.69) is 15.5 Å². The Labute approximate surface area is 136 Å². The number of halogens is 1. The Morgan fingerprint density at radius 2 is 2.26 bits per heavy atom. The molecule has 2 heterocycles. The molecule has 1 unspecified atom stereocenters. The maximum absolute atomic E-state index is 13.6. The highest BCUT2D eigenvalue weighted by Crippen LogP contribution is 2.36. The zero-order chi connectivity index (χ0) is 15.8. The van der Waals surface area contributed by atoms with Gasteiger partial charge in [-0.3, -0.25) is 9.89 Å². The lowest BCUT2D eigenvalue weighted by Crippen LogP contribution is -2.30. The van der Waals surface area contributed by atoms with Crippen LogP contribution >= 0.6 is 11.8 Å². The fraction of sp³-hybridized carbons (Fsp3) is 0.176. The molecular formula is C17H14FN3OS. The van der Waals surface area contributed by atoms with Crippen LogP contribution in [0.25, 0.3) is 10.9 Å². The number of aromatic nitrogens is 2. The van der Waals surface area contributed by atoms with Crippen LogP contribution in [0.4, 0.5) is 4.39 Å². The van der Waals surface area contributed by atoms with Crippen LogP contribution in [0.5, 0.6) is 0 Å². The molecule has 1 aliphatic rings. The Morgan fingerprint density at radius 3 is 3.17 bits per heavy atom. The highest BCUT2D eigenvalue weighted by molar-refractivity contribution is 7.99. The number of rotatable bonds is 2. The van der Waals surface area contributed by atoms with Gasteiger partial charge in [0.05, 0.1) is 23.3 Å². The van der Waals surface area contributed by atoms with Gasteiger partial charge >= 0.3 is 0 Å². The Morgan fingerprint density at radius 1 is 1.35 bits per heavy atom. The summed E-state index contributed by atoms with van der Waals surface area (Å²) < 4.78 is 13.6. The van der Waals surface area contributed by atoms with Crippen LogP contribution in [0.2, 0.25) is 0 Å². The number of para-hydroxylation sites is 1. The molecule has 2 aromatic carbocycles. The minimum absolute atomic E-state index is 0.173. The van der Waals surface area contributed by atoms with E-state index in [1.54, 1.807) is 30.1 Å². The summed E-state index contributed by atoms with van der Waals surface area (Å²) in [4.78, 5) is 13.7. The van der Waals surface area contributed by atoms with Gasteiger partial charge in [-0.1, -0.05) is 12.1 Å².